The summed E-state index contributed by atoms with van der Waals surface area (Å²) >= 11 is 0. The maximum Gasteiger partial charge on any atom is 0.226 e. The van der Waals surface area contributed by atoms with Crippen molar-refractivity contribution in [2.75, 3.05) is 12.4 Å². The lowest BCUT2D eigenvalue weighted by atomic mass is 10.0. The van der Waals surface area contributed by atoms with Crippen molar-refractivity contribution in [2.45, 2.75) is 25.8 Å². The van der Waals surface area contributed by atoms with Gasteiger partial charge in [-0.05, 0) is 26.0 Å². The molecular weight excluding hydrogens is 204 g/mol. The Kier molecular flexibility index (Phi) is 3.90. The number of hydrogen-bond acceptors (Lipinski definition) is 3. The van der Waals surface area contributed by atoms with E-state index in [9.17, 15) is 4.79 Å². The second-order valence-corrected chi connectivity index (χ2v) is 4.45. The highest BCUT2D eigenvalue weighted by Crippen LogP contribution is 2.17. The van der Waals surface area contributed by atoms with Crippen molar-refractivity contribution in [3.8, 4) is 5.75 Å². The summed E-state index contributed by atoms with van der Waals surface area (Å²) in [7, 11) is 1.59. The molecule has 0 bridgehead atoms. The summed E-state index contributed by atoms with van der Waals surface area (Å²) in [6, 6.07) is 7.22. The monoisotopic (exact) mass is 222 g/mol. The molecule has 0 aliphatic heterocycles. The number of anilines is 1. The summed E-state index contributed by atoms with van der Waals surface area (Å²) in [4.78, 5) is 11.6. The highest BCUT2D eigenvalue weighted by molar-refractivity contribution is 5.91. The van der Waals surface area contributed by atoms with Gasteiger partial charge in [-0.25, -0.2) is 0 Å². The Bertz CT molecular complexity index is 370. The molecule has 0 aliphatic rings. The average molecular weight is 222 g/mol. The first-order valence-electron chi connectivity index (χ1n) is 5.13. The van der Waals surface area contributed by atoms with Crippen LogP contribution in [0, 0.1) is 0 Å². The molecule has 1 rings (SSSR count). The fourth-order valence-electron chi connectivity index (χ4n) is 1.32. The minimum absolute atomic E-state index is 0.0965. The predicted octanol–water partition coefficient (Wildman–Crippen LogP) is 1.76. The zero-order chi connectivity index (χ0) is 12.2. The summed E-state index contributed by atoms with van der Waals surface area (Å²) in [6.07, 6.45) is 0.282. The largest absolute Gasteiger partial charge is 0.497 e. The van der Waals surface area contributed by atoms with E-state index in [-0.39, 0.29) is 12.3 Å². The first-order valence-corrected chi connectivity index (χ1v) is 5.13. The van der Waals surface area contributed by atoms with Crippen LogP contribution in [0.2, 0.25) is 0 Å². The van der Waals surface area contributed by atoms with Crippen molar-refractivity contribution < 1.29 is 9.53 Å². The van der Waals surface area contributed by atoms with E-state index in [1.54, 1.807) is 13.2 Å². The van der Waals surface area contributed by atoms with Crippen LogP contribution < -0.4 is 15.8 Å². The molecule has 0 atom stereocenters. The molecule has 4 heteroatoms. The quantitative estimate of drug-likeness (QED) is 0.816. The Labute approximate surface area is 95.8 Å². The number of hydrogen-bond donors (Lipinski definition) is 2. The van der Waals surface area contributed by atoms with Crippen molar-refractivity contribution in [1.82, 2.24) is 0 Å². The number of nitrogens with one attached hydrogen (secondary N) is 1. The van der Waals surface area contributed by atoms with E-state index in [0.29, 0.717) is 11.4 Å². The van der Waals surface area contributed by atoms with Gasteiger partial charge in [0.25, 0.3) is 0 Å². The fraction of sp³-hybridized carbons (Fsp3) is 0.417. The van der Waals surface area contributed by atoms with E-state index < -0.39 is 5.54 Å². The van der Waals surface area contributed by atoms with Crippen LogP contribution >= 0.6 is 0 Å². The number of benzene rings is 1. The molecule has 0 aromatic heterocycles. The van der Waals surface area contributed by atoms with Crippen LogP contribution in [0.5, 0.6) is 5.75 Å². The number of methoxy groups -OCH3 is 1. The summed E-state index contributed by atoms with van der Waals surface area (Å²) in [6.45, 7) is 3.64. The first kappa shape index (κ1) is 12.5. The highest BCUT2D eigenvalue weighted by Gasteiger charge is 2.16. The lowest BCUT2D eigenvalue weighted by molar-refractivity contribution is -0.117. The smallest absolute Gasteiger partial charge is 0.226 e. The second-order valence-electron chi connectivity index (χ2n) is 4.45. The third kappa shape index (κ3) is 4.31. The van der Waals surface area contributed by atoms with Gasteiger partial charge in [-0.15, -0.1) is 0 Å². The third-order valence-electron chi connectivity index (χ3n) is 1.97. The van der Waals surface area contributed by atoms with E-state index in [1.807, 2.05) is 32.0 Å². The van der Waals surface area contributed by atoms with Crippen LogP contribution in [0.15, 0.2) is 24.3 Å². The maximum atomic E-state index is 11.6. The molecule has 0 heterocycles. The molecule has 0 radical (unpaired) electrons. The number of nitrogens with two attached hydrogens (primary N) is 1. The second kappa shape index (κ2) is 4.99. The van der Waals surface area contributed by atoms with Gasteiger partial charge < -0.3 is 15.8 Å². The zero-order valence-electron chi connectivity index (χ0n) is 9.91. The molecule has 1 aromatic rings. The Hall–Kier alpha value is -1.55. The number of carbonyl (C=O) groups excluding carboxylic acids is 1. The number of carbonyl (C=O) groups is 1. The van der Waals surface area contributed by atoms with E-state index in [1.165, 1.54) is 0 Å². The molecule has 3 N–H and O–H groups in total. The summed E-state index contributed by atoms with van der Waals surface area (Å²) < 4.78 is 5.06. The summed E-state index contributed by atoms with van der Waals surface area (Å²) in [5, 5.41) is 2.77. The molecular formula is C12H18N2O2. The molecule has 0 aliphatic carbocycles. The predicted molar refractivity (Wildman–Crippen MR) is 64.5 cm³/mol. The van der Waals surface area contributed by atoms with Crippen molar-refractivity contribution in [3.63, 3.8) is 0 Å². The third-order valence-corrected chi connectivity index (χ3v) is 1.97. The fourth-order valence-corrected chi connectivity index (χ4v) is 1.32. The molecule has 0 fully saturated rings. The summed E-state index contributed by atoms with van der Waals surface area (Å²) in [5.41, 5.74) is 5.98. The minimum atomic E-state index is -0.497. The Balaban J connectivity index is 2.62. The van der Waals surface area contributed by atoms with Crippen LogP contribution in [0.1, 0.15) is 20.3 Å². The molecule has 1 amide bonds. The van der Waals surface area contributed by atoms with Gasteiger partial charge in [0.05, 0.1) is 7.11 Å². The number of amides is 1. The topological polar surface area (TPSA) is 64.3 Å². The Morgan fingerprint density at radius 3 is 2.75 bits per heavy atom. The standard InChI is InChI=1S/C12H18N2O2/c1-12(2,13)8-11(15)14-9-5-4-6-10(7-9)16-3/h4-7H,8,13H2,1-3H3,(H,14,15). The van der Waals surface area contributed by atoms with Crippen LogP contribution in [-0.4, -0.2) is 18.6 Å². The van der Waals surface area contributed by atoms with Crippen LogP contribution in [0.25, 0.3) is 0 Å². The number of ether oxygens (including phenoxy) is 1. The number of rotatable bonds is 4. The van der Waals surface area contributed by atoms with E-state index >= 15 is 0 Å². The molecule has 0 spiro atoms. The molecule has 16 heavy (non-hydrogen) atoms. The van der Waals surface area contributed by atoms with E-state index in [2.05, 4.69) is 5.32 Å². The van der Waals surface area contributed by atoms with E-state index in [0.717, 1.165) is 0 Å². The van der Waals surface area contributed by atoms with Crippen molar-refractivity contribution in [2.24, 2.45) is 5.73 Å². The Morgan fingerprint density at radius 2 is 2.19 bits per heavy atom. The van der Waals surface area contributed by atoms with Crippen LogP contribution in [0.3, 0.4) is 0 Å². The van der Waals surface area contributed by atoms with Gasteiger partial charge in [-0.3, -0.25) is 4.79 Å². The van der Waals surface area contributed by atoms with Gasteiger partial charge in [0.15, 0.2) is 0 Å². The Morgan fingerprint density at radius 1 is 1.50 bits per heavy atom. The molecule has 0 saturated carbocycles. The first-order chi connectivity index (χ1) is 7.40. The van der Waals surface area contributed by atoms with Gasteiger partial charge in [-0.1, -0.05) is 6.07 Å². The molecule has 88 valence electrons. The summed E-state index contributed by atoms with van der Waals surface area (Å²) in [5.74, 6) is 0.616. The SMILES string of the molecule is COc1cccc(NC(=O)CC(C)(C)N)c1. The molecule has 4 nitrogen and oxygen atoms in total. The average Bonchev–Trinajstić information content (AvgIpc) is 2.15. The van der Waals surface area contributed by atoms with Gasteiger partial charge in [-0.2, -0.15) is 0 Å². The van der Waals surface area contributed by atoms with Gasteiger partial charge in [0.2, 0.25) is 5.91 Å². The lowest BCUT2D eigenvalue weighted by Gasteiger charge is -2.17. The van der Waals surface area contributed by atoms with Crippen molar-refractivity contribution >= 4 is 11.6 Å². The van der Waals surface area contributed by atoms with Crippen LogP contribution in [0.4, 0.5) is 5.69 Å². The van der Waals surface area contributed by atoms with Gasteiger partial charge in [0, 0.05) is 23.7 Å². The van der Waals surface area contributed by atoms with E-state index in [4.69, 9.17) is 10.5 Å². The normalized spacial score (nSPS) is 11.0. The van der Waals surface area contributed by atoms with Crippen molar-refractivity contribution in [1.29, 1.82) is 0 Å². The highest BCUT2D eigenvalue weighted by atomic mass is 16.5. The maximum absolute atomic E-state index is 11.6. The molecule has 0 saturated heterocycles. The zero-order valence-corrected chi connectivity index (χ0v) is 9.91. The van der Waals surface area contributed by atoms with Gasteiger partial charge in [0.1, 0.15) is 5.75 Å². The molecule has 1 aromatic carbocycles. The molecule has 0 unspecified atom stereocenters. The van der Waals surface area contributed by atoms with Crippen molar-refractivity contribution in [3.05, 3.63) is 24.3 Å². The van der Waals surface area contributed by atoms with Gasteiger partial charge >= 0.3 is 0 Å². The minimum Gasteiger partial charge on any atom is -0.497 e. The lowest BCUT2D eigenvalue weighted by Crippen LogP contribution is -2.36. The van der Waals surface area contributed by atoms with Crippen LogP contribution in [-0.2, 0) is 4.79 Å².